The van der Waals surface area contributed by atoms with Gasteiger partial charge in [0, 0.05) is 6.61 Å². The summed E-state index contributed by atoms with van der Waals surface area (Å²) >= 11 is 0. The van der Waals surface area contributed by atoms with Gasteiger partial charge < -0.3 is 10.4 Å². The van der Waals surface area contributed by atoms with Crippen molar-refractivity contribution in [3.8, 4) is 0 Å². The van der Waals surface area contributed by atoms with E-state index >= 15 is 0 Å². The molecule has 0 amide bonds. The average molecular weight is 342 g/mol. The molecule has 2 nitrogen and oxygen atoms in total. The van der Waals surface area contributed by atoms with Crippen LogP contribution >= 0.6 is 0 Å². The van der Waals surface area contributed by atoms with Crippen LogP contribution in [0.25, 0.3) is 0 Å². The second-order valence-corrected chi connectivity index (χ2v) is 7.48. The van der Waals surface area contributed by atoms with Gasteiger partial charge in [-0.3, -0.25) is 0 Å². The minimum Gasteiger partial charge on any atom is -0.396 e. The lowest BCUT2D eigenvalue weighted by atomic mass is 10.1. The largest absolute Gasteiger partial charge is 0.396 e. The first kappa shape index (κ1) is 23.9. The maximum atomic E-state index is 8.71. The molecule has 0 atom stereocenters. The summed E-state index contributed by atoms with van der Waals surface area (Å²) in [5, 5.41) is 12.3. The van der Waals surface area contributed by atoms with E-state index < -0.39 is 0 Å². The van der Waals surface area contributed by atoms with Crippen molar-refractivity contribution >= 4 is 0 Å². The van der Waals surface area contributed by atoms with Gasteiger partial charge in [0.05, 0.1) is 0 Å². The Kier molecular flexibility index (Phi) is 22.8. The summed E-state index contributed by atoms with van der Waals surface area (Å²) in [6, 6.07) is 0. The van der Waals surface area contributed by atoms with Crippen LogP contribution in [-0.2, 0) is 0 Å². The zero-order chi connectivity index (χ0) is 17.6. The van der Waals surface area contributed by atoms with E-state index in [1.54, 1.807) is 0 Å². The van der Waals surface area contributed by atoms with Gasteiger partial charge in [0.15, 0.2) is 0 Å². The standard InChI is InChI=1S/C22H47NO/c1-2-3-4-5-6-11-14-17-20-23-21-18-15-12-9-7-8-10-13-16-19-22-24/h23-24H,2-22H2,1H3. The van der Waals surface area contributed by atoms with Crippen molar-refractivity contribution in [1.29, 1.82) is 0 Å². The molecule has 0 aromatic rings. The Hall–Kier alpha value is -0.0800. The maximum Gasteiger partial charge on any atom is 0.0431 e. The molecule has 146 valence electrons. The summed E-state index contributed by atoms with van der Waals surface area (Å²) in [7, 11) is 0. The van der Waals surface area contributed by atoms with Crippen LogP contribution < -0.4 is 5.32 Å². The molecule has 0 unspecified atom stereocenters. The molecule has 0 bridgehead atoms. The highest BCUT2D eigenvalue weighted by Crippen LogP contribution is 2.10. The Labute approximate surface area is 153 Å². The van der Waals surface area contributed by atoms with Crippen LogP contribution in [0.1, 0.15) is 122 Å². The lowest BCUT2D eigenvalue weighted by Crippen LogP contribution is -2.16. The van der Waals surface area contributed by atoms with Gasteiger partial charge in [-0.1, -0.05) is 103 Å². The van der Waals surface area contributed by atoms with E-state index in [-0.39, 0.29) is 0 Å². The molecule has 0 aromatic carbocycles. The molecule has 0 aliphatic heterocycles. The molecule has 2 heteroatoms. The fourth-order valence-corrected chi connectivity index (χ4v) is 3.28. The smallest absolute Gasteiger partial charge is 0.0431 e. The third kappa shape index (κ3) is 21.9. The van der Waals surface area contributed by atoms with Gasteiger partial charge in [0.25, 0.3) is 0 Å². The number of aliphatic hydroxyl groups excluding tert-OH is 1. The van der Waals surface area contributed by atoms with Crippen LogP contribution in [-0.4, -0.2) is 24.8 Å². The zero-order valence-corrected chi connectivity index (χ0v) is 16.8. The highest BCUT2D eigenvalue weighted by atomic mass is 16.2. The van der Waals surface area contributed by atoms with Crippen LogP contribution in [0.15, 0.2) is 0 Å². The van der Waals surface area contributed by atoms with Crippen molar-refractivity contribution < 1.29 is 5.11 Å². The van der Waals surface area contributed by atoms with Gasteiger partial charge in [-0.15, -0.1) is 0 Å². The van der Waals surface area contributed by atoms with Crippen molar-refractivity contribution in [2.75, 3.05) is 19.7 Å². The Balaban J connectivity index is 2.93. The van der Waals surface area contributed by atoms with E-state index in [9.17, 15) is 0 Å². The lowest BCUT2D eigenvalue weighted by Gasteiger charge is -2.05. The van der Waals surface area contributed by atoms with E-state index in [4.69, 9.17) is 5.11 Å². The molecule has 0 radical (unpaired) electrons. The highest BCUT2D eigenvalue weighted by molar-refractivity contribution is 4.52. The molecular formula is C22H47NO. The second kappa shape index (κ2) is 22.9. The van der Waals surface area contributed by atoms with Gasteiger partial charge in [-0.2, -0.15) is 0 Å². The third-order valence-electron chi connectivity index (χ3n) is 4.97. The normalized spacial score (nSPS) is 11.2. The Morgan fingerprint density at radius 2 is 0.792 bits per heavy atom. The number of nitrogens with one attached hydrogen (secondary N) is 1. The summed E-state index contributed by atoms with van der Waals surface area (Å²) in [4.78, 5) is 0. The second-order valence-electron chi connectivity index (χ2n) is 7.48. The third-order valence-corrected chi connectivity index (χ3v) is 4.97. The molecule has 0 saturated heterocycles. The minimum atomic E-state index is 0.368. The molecule has 0 rings (SSSR count). The number of hydrogen-bond donors (Lipinski definition) is 2. The molecule has 0 aliphatic rings. The van der Waals surface area contributed by atoms with Crippen LogP contribution in [0, 0.1) is 0 Å². The molecular weight excluding hydrogens is 294 g/mol. The van der Waals surface area contributed by atoms with Gasteiger partial charge >= 0.3 is 0 Å². The van der Waals surface area contributed by atoms with E-state index in [1.165, 1.54) is 122 Å². The quantitative estimate of drug-likeness (QED) is 0.230. The molecule has 0 aromatic heterocycles. The predicted molar refractivity (Wildman–Crippen MR) is 109 cm³/mol. The average Bonchev–Trinajstić information content (AvgIpc) is 2.60. The first-order chi connectivity index (χ1) is 11.9. The molecule has 0 aliphatic carbocycles. The summed E-state index contributed by atoms with van der Waals surface area (Å²) in [6.07, 6.45) is 24.6. The molecule has 0 spiro atoms. The minimum absolute atomic E-state index is 0.368. The van der Waals surface area contributed by atoms with Crippen molar-refractivity contribution in [3.05, 3.63) is 0 Å². The van der Waals surface area contributed by atoms with E-state index in [0.29, 0.717) is 6.61 Å². The van der Waals surface area contributed by atoms with Crippen molar-refractivity contribution in [3.63, 3.8) is 0 Å². The van der Waals surface area contributed by atoms with Gasteiger partial charge in [-0.05, 0) is 32.4 Å². The number of aliphatic hydroxyl groups is 1. The van der Waals surface area contributed by atoms with Crippen molar-refractivity contribution in [2.24, 2.45) is 0 Å². The molecule has 0 heterocycles. The Morgan fingerprint density at radius 3 is 1.17 bits per heavy atom. The number of rotatable bonds is 21. The topological polar surface area (TPSA) is 32.3 Å². The zero-order valence-electron chi connectivity index (χ0n) is 16.8. The maximum absolute atomic E-state index is 8.71. The number of unbranched alkanes of at least 4 members (excludes halogenated alkanes) is 16. The van der Waals surface area contributed by atoms with Crippen LogP contribution in [0.4, 0.5) is 0 Å². The van der Waals surface area contributed by atoms with Crippen LogP contribution in [0.2, 0.25) is 0 Å². The van der Waals surface area contributed by atoms with Crippen LogP contribution in [0.3, 0.4) is 0 Å². The fourth-order valence-electron chi connectivity index (χ4n) is 3.28. The van der Waals surface area contributed by atoms with Gasteiger partial charge in [0.2, 0.25) is 0 Å². The van der Waals surface area contributed by atoms with E-state index in [1.807, 2.05) is 0 Å². The molecule has 0 fully saturated rings. The van der Waals surface area contributed by atoms with Crippen molar-refractivity contribution in [2.45, 2.75) is 122 Å². The molecule has 0 saturated carbocycles. The summed E-state index contributed by atoms with van der Waals surface area (Å²) in [5.41, 5.74) is 0. The predicted octanol–water partition coefficient (Wildman–Crippen LogP) is 6.61. The first-order valence-corrected chi connectivity index (χ1v) is 11.2. The summed E-state index contributed by atoms with van der Waals surface area (Å²) in [6.45, 7) is 5.10. The summed E-state index contributed by atoms with van der Waals surface area (Å²) < 4.78 is 0. The Bertz CT molecular complexity index is 186. The lowest BCUT2D eigenvalue weighted by molar-refractivity contribution is 0.282. The van der Waals surface area contributed by atoms with Gasteiger partial charge in [0.1, 0.15) is 0 Å². The van der Waals surface area contributed by atoms with Crippen LogP contribution in [0.5, 0.6) is 0 Å². The number of hydrogen-bond acceptors (Lipinski definition) is 2. The molecule has 24 heavy (non-hydrogen) atoms. The first-order valence-electron chi connectivity index (χ1n) is 11.2. The summed E-state index contributed by atoms with van der Waals surface area (Å²) in [5.74, 6) is 0. The molecule has 2 N–H and O–H groups in total. The van der Waals surface area contributed by atoms with Crippen molar-refractivity contribution in [1.82, 2.24) is 5.32 Å². The fraction of sp³-hybridized carbons (Fsp3) is 1.00. The van der Waals surface area contributed by atoms with E-state index in [2.05, 4.69) is 12.2 Å². The van der Waals surface area contributed by atoms with Gasteiger partial charge in [-0.25, -0.2) is 0 Å². The van der Waals surface area contributed by atoms with E-state index in [0.717, 1.165) is 6.42 Å². The highest BCUT2D eigenvalue weighted by Gasteiger charge is 1.94. The monoisotopic (exact) mass is 341 g/mol. The Morgan fingerprint density at radius 1 is 0.458 bits per heavy atom. The SMILES string of the molecule is CCCCCCCCCCNCCCCCCCCCCCCO.